The number of ether oxygens (including phenoxy) is 1. The lowest BCUT2D eigenvalue weighted by atomic mass is 9.73. The summed E-state index contributed by atoms with van der Waals surface area (Å²) in [6, 6.07) is 3.52. The number of fused-ring (bicyclic) bond motifs is 3. The number of benzene rings is 1. The fourth-order valence-electron chi connectivity index (χ4n) is 7.03. The lowest BCUT2D eigenvalue weighted by Gasteiger charge is -2.42. The van der Waals surface area contributed by atoms with Crippen LogP contribution in [0, 0.1) is 25.6 Å². The van der Waals surface area contributed by atoms with Gasteiger partial charge in [0.2, 0.25) is 33.5 Å². The van der Waals surface area contributed by atoms with E-state index in [1.807, 2.05) is 6.08 Å². The van der Waals surface area contributed by atoms with Gasteiger partial charge in [0, 0.05) is 18.4 Å². The Morgan fingerprint density at radius 2 is 1.91 bits per heavy atom. The van der Waals surface area contributed by atoms with E-state index >= 15 is 0 Å². The van der Waals surface area contributed by atoms with Gasteiger partial charge in [0.1, 0.15) is 34.9 Å². The van der Waals surface area contributed by atoms with E-state index in [2.05, 4.69) is 30.5 Å². The van der Waals surface area contributed by atoms with Crippen LogP contribution in [0.4, 0.5) is 4.39 Å². The van der Waals surface area contributed by atoms with Gasteiger partial charge in [-0.2, -0.15) is 0 Å². The molecule has 0 bridgehead atoms. The van der Waals surface area contributed by atoms with Crippen molar-refractivity contribution in [3.05, 3.63) is 71.5 Å². The Kier molecular flexibility index (Phi) is 9.78. The maximum absolute atomic E-state index is 14.7. The lowest BCUT2D eigenvalue weighted by Crippen LogP contribution is -2.67. The summed E-state index contributed by atoms with van der Waals surface area (Å²) in [5, 5.41) is 9.33. The summed E-state index contributed by atoms with van der Waals surface area (Å²) in [6.45, 7) is 4.72. The summed E-state index contributed by atoms with van der Waals surface area (Å²) in [7, 11) is -4.06. The molecule has 0 radical (unpaired) electrons. The number of carbonyl (C=O) groups is 4. The van der Waals surface area contributed by atoms with E-state index in [4.69, 9.17) is 9.26 Å². The number of rotatable bonds is 7. The van der Waals surface area contributed by atoms with Crippen molar-refractivity contribution >= 4 is 44.7 Å². The number of aryl methyl sites for hydroxylation is 2. The molecule has 4 amide bonds. The minimum Gasteiger partial charge on any atom is -0.471 e. The number of halogens is 1. The van der Waals surface area contributed by atoms with E-state index in [1.54, 1.807) is 39.0 Å². The van der Waals surface area contributed by atoms with Gasteiger partial charge in [0.05, 0.1) is 22.5 Å². The number of hydrogen-bond acceptors (Lipinski definition) is 11. The number of sulfonamides is 1. The molecule has 1 saturated carbocycles. The normalized spacial score (nSPS) is 27.4. The molecule has 7 rings (SSSR count). The highest BCUT2D eigenvalue weighted by molar-refractivity contribution is 7.91. The third-order valence-electron chi connectivity index (χ3n) is 10.7. The molecule has 2 aliphatic heterocycles. The molecule has 4 aliphatic rings. The first-order valence-corrected chi connectivity index (χ1v) is 19.6. The first kappa shape index (κ1) is 37.1. The van der Waals surface area contributed by atoms with Crippen LogP contribution >= 0.6 is 0 Å². The highest BCUT2D eigenvalue weighted by atomic mass is 32.2. The third-order valence-corrected chi connectivity index (χ3v) is 12.9. The van der Waals surface area contributed by atoms with Crippen molar-refractivity contribution in [3.63, 3.8) is 0 Å². The molecule has 2 fully saturated rings. The molecule has 4 heterocycles. The van der Waals surface area contributed by atoms with E-state index in [9.17, 15) is 32.0 Å². The number of nitrogens with zero attached hydrogens (tertiary/aromatic N) is 4. The van der Waals surface area contributed by atoms with E-state index in [-0.39, 0.29) is 36.5 Å². The summed E-state index contributed by atoms with van der Waals surface area (Å²) in [4.78, 5) is 66.2. The molecule has 15 nitrogen and oxygen atoms in total. The molecule has 286 valence electrons. The van der Waals surface area contributed by atoms with Crippen LogP contribution in [0.25, 0.3) is 11.0 Å². The first-order valence-electron chi connectivity index (χ1n) is 18.1. The van der Waals surface area contributed by atoms with E-state index < -0.39 is 73.9 Å². The van der Waals surface area contributed by atoms with Gasteiger partial charge < -0.3 is 24.8 Å². The summed E-state index contributed by atoms with van der Waals surface area (Å²) in [6.07, 6.45) is 9.58. The Bertz CT molecular complexity index is 2180. The van der Waals surface area contributed by atoms with Gasteiger partial charge in [0.15, 0.2) is 5.82 Å². The molecule has 2 unspecified atom stereocenters. The van der Waals surface area contributed by atoms with Gasteiger partial charge in [0.25, 0.3) is 11.8 Å². The van der Waals surface area contributed by atoms with Crippen LogP contribution in [0.5, 0.6) is 5.88 Å². The predicted octanol–water partition coefficient (Wildman–Crippen LogP) is 3.08. The minimum atomic E-state index is -4.06. The van der Waals surface area contributed by atoms with Crippen molar-refractivity contribution in [1.82, 2.24) is 35.4 Å². The van der Waals surface area contributed by atoms with Gasteiger partial charge in [-0.05, 0) is 65.0 Å². The van der Waals surface area contributed by atoms with Crippen molar-refractivity contribution in [1.29, 1.82) is 0 Å². The van der Waals surface area contributed by atoms with Crippen molar-refractivity contribution in [2.24, 2.45) is 5.92 Å². The Hall–Kier alpha value is -5.19. The van der Waals surface area contributed by atoms with Crippen molar-refractivity contribution < 1.29 is 41.2 Å². The molecule has 54 heavy (non-hydrogen) atoms. The number of amides is 4. The molecular formula is C37H42FN7O8S. The predicted molar refractivity (Wildman–Crippen MR) is 192 cm³/mol. The Balaban J connectivity index is 1.22. The van der Waals surface area contributed by atoms with Crippen LogP contribution < -0.4 is 20.1 Å². The quantitative estimate of drug-likeness (QED) is 0.299. The molecular weight excluding hydrogens is 722 g/mol. The molecule has 0 spiro atoms. The van der Waals surface area contributed by atoms with Crippen LogP contribution in [0.3, 0.4) is 0 Å². The van der Waals surface area contributed by atoms with E-state index in [0.29, 0.717) is 49.0 Å². The van der Waals surface area contributed by atoms with Crippen molar-refractivity contribution in [2.45, 2.75) is 101 Å². The summed E-state index contributed by atoms with van der Waals surface area (Å²) in [5.41, 5.74) is -0.618. The van der Waals surface area contributed by atoms with E-state index in [0.717, 1.165) is 6.42 Å². The average molecular weight is 764 g/mol. The second-order valence-electron chi connectivity index (χ2n) is 14.8. The zero-order valence-corrected chi connectivity index (χ0v) is 30.9. The second kappa shape index (κ2) is 14.2. The van der Waals surface area contributed by atoms with Crippen LogP contribution in [0.15, 0.2) is 53.1 Å². The fourth-order valence-corrected chi connectivity index (χ4v) is 8.33. The first-order chi connectivity index (χ1) is 25.7. The monoisotopic (exact) mass is 763 g/mol. The Morgan fingerprint density at radius 1 is 1.11 bits per heavy atom. The highest BCUT2D eigenvalue weighted by Crippen LogP contribution is 2.43. The molecule has 1 aromatic carbocycles. The highest BCUT2D eigenvalue weighted by Gasteiger charge is 2.56. The maximum Gasteiger partial charge on any atom is 0.290 e. The summed E-state index contributed by atoms with van der Waals surface area (Å²) < 4.78 is 53.6. The molecule has 5 atom stereocenters. The Morgan fingerprint density at radius 3 is 2.61 bits per heavy atom. The molecule has 1 saturated heterocycles. The zero-order chi connectivity index (χ0) is 38.4. The van der Waals surface area contributed by atoms with Crippen LogP contribution in [0.1, 0.15) is 80.2 Å². The molecule has 3 aromatic rings. The van der Waals surface area contributed by atoms with Gasteiger partial charge in [-0.25, -0.2) is 22.8 Å². The SMILES string of the molecule is Cc1cc(C(=O)N[C@H]2CCCCC/C=C\C3C=C[C@@]3(C(=O)NS(=O)(=O)C3(C)CC3)NC(=O)[C@@H]3CC(Oc4nc5c(F)cccc5nc4C)CN3C2=O)on1. The molecule has 2 aliphatic carbocycles. The van der Waals surface area contributed by atoms with Gasteiger partial charge in [-0.15, -0.1) is 0 Å². The van der Waals surface area contributed by atoms with Crippen LogP contribution in [0.2, 0.25) is 0 Å². The fraction of sp³-hybridized carbons (Fsp3) is 0.486. The standard InChI is InChI=1S/C37H42FN7O8S/c1-21-18-29(53-43-21)32(47)40-27-12-8-6-4-5-7-10-23-14-15-37(23,35(49)44-54(50,51)36(3)16-17-36)42-31(46)28-19-24(20-45(28)34(27)48)52-33-22(2)39-26-13-9-11-25(38)30(26)41-33/h7,9-11,13-15,18,23-24,27-28H,4-6,8,12,16-17,19-20H2,1-3H3,(H,40,47)(H,42,46)(H,44,49)/b10-7-/t23?,24?,27-,28-,37+/m0/s1. The molecule has 17 heteroatoms. The third kappa shape index (κ3) is 7.08. The topological polar surface area (TPSA) is 203 Å². The minimum absolute atomic E-state index is 0.0102. The Labute approximate surface area is 311 Å². The number of para-hydroxylation sites is 1. The van der Waals surface area contributed by atoms with Gasteiger partial charge in [-0.3, -0.25) is 23.9 Å². The van der Waals surface area contributed by atoms with E-state index in [1.165, 1.54) is 29.2 Å². The number of aromatic nitrogens is 3. The van der Waals surface area contributed by atoms with Gasteiger partial charge in [-0.1, -0.05) is 48.4 Å². The maximum atomic E-state index is 14.7. The second-order valence-corrected chi connectivity index (χ2v) is 17.0. The van der Waals surface area contributed by atoms with Crippen molar-refractivity contribution in [2.75, 3.05) is 6.54 Å². The largest absolute Gasteiger partial charge is 0.471 e. The smallest absolute Gasteiger partial charge is 0.290 e. The van der Waals surface area contributed by atoms with Crippen molar-refractivity contribution in [3.8, 4) is 5.88 Å². The molecule has 3 N–H and O–H groups in total. The van der Waals surface area contributed by atoms with Crippen LogP contribution in [-0.2, 0) is 24.4 Å². The summed E-state index contributed by atoms with van der Waals surface area (Å²) >= 11 is 0. The number of carbonyl (C=O) groups excluding carboxylic acids is 4. The summed E-state index contributed by atoms with van der Waals surface area (Å²) in [5.74, 6) is -4.22. The zero-order valence-electron chi connectivity index (χ0n) is 30.1. The number of nitrogens with one attached hydrogen (secondary N) is 3. The van der Waals surface area contributed by atoms with Crippen LogP contribution in [-0.4, -0.2) is 87.1 Å². The van der Waals surface area contributed by atoms with Gasteiger partial charge >= 0.3 is 0 Å². The molecule has 2 aromatic heterocycles. The lowest BCUT2D eigenvalue weighted by molar-refractivity contribution is -0.142. The number of allylic oxidation sites excluding steroid dienone is 1. The average Bonchev–Trinajstić information content (AvgIpc) is 3.52. The number of hydrogen-bond donors (Lipinski definition) is 3.